The maximum atomic E-state index is 12.2. The number of aromatic nitrogens is 4. The van der Waals surface area contributed by atoms with Gasteiger partial charge in [0.1, 0.15) is 5.75 Å². The van der Waals surface area contributed by atoms with Crippen molar-refractivity contribution in [3.05, 3.63) is 71.1 Å². The first-order valence-corrected chi connectivity index (χ1v) is 10.6. The number of aryl methyl sites for hydroxylation is 2. The fraction of sp³-hybridized carbons (Fsp3) is 0.174. The summed E-state index contributed by atoms with van der Waals surface area (Å²) >= 11 is 1.40. The molecular weight excluding hydrogens is 410 g/mol. The predicted molar refractivity (Wildman–Crippen MR) is 124 cm³/mol. The average molecular weight is 434 g/mol. The van der Waals surface area contributed by atoms with Gasteiger partial charge in [0.05, 0.1) is 19.0 Å². The largest absolute Gasteiger partial charge is 0.497 e. The van der Waals surface area contributed by atoms with Gasteiger partial charge >= 0.3 is 0 Å². The molecule has 1 N–H and O–H groups in total. The molecule has 0 saturated heterocycles. The van der Waals surface area contributed by atoms with E-state index < -0.39 is 0 Å². The van der Waals surface area contributed by atoms with Crippen LogP contribution in [0.15, 0.2) is 54.2 Å². The summed E-state index contributed by atoms with van der Waals surface area (Å²) in [5.41, 5.74) is 5.99. The summed E-state index contributed by atoms with van der Waals surface area (Å²) in [4.78, 5) is 16.8. The van der Waals surface area contributed by atoms with Gasteiger partial charge in [-0.25, -0.2) is 4.98 Å². The number of methoxy groups -OCH3 is 1. The van der Waals surface area contributed by atoms with Gasteiger partial charge in [0, 0.05) is 52.9 Å². The molecule has 0 saturated carbocycles. The van der Waals surface area contributed by atoms with E-state index in [1.165, 1.54) is 17.4 Å². The number of amides is 1. The second-order valence-electron chi connectivity index (χ2n) is 7.13. The standard InChI is InChI=1S/C23H23N5O2S/c1-15-11-20(16(2)28(15)18-6-8-19(30-4)9-7-18)21-14-31-23(25-21)26-22(29)10-5-17-12-24-27(3)13-17/h5-14H,1-4H3,(H,25,26,29)/b10-5+. The van der Waals surface area contributed by atoms with Crippen LogP contribution in [0.3, 0.4) is 0 Å². The smallest absolute Gasteiger partial charge is 0.250 e. The number of thiazole rings is 1. The van der Waals surface area contributed by atoms with Crippen LogP contribution in [-0.4, -0.2) is 32.3 Å². The molecule has 3 heterocycles. The van der Waals surface area contributed by atoms with Crippen LogP contribution in [-0.2, 0) is 11.8 Å². The molecule has 0 fully saturated rings. The minimum Gasteiger partial charge on any atom is -0.497 e. The van der Waals surface area contributed by atoms with Crippen LogP contribution in [0.2, 0.25) is 0 Å². The molecule has 1 amide bonds. The van der Waals surface area contributed by atoms with Crippen molar-refractivity contribution in [1.82, 2.24) is 19.3 Å². The summed E-state index contributed by atoms with van der Waals surface area (Å²) in [5, 5.41) is 9.43. The molecule has 0 aliphatic heterocycles. The molecular formula is C23H23N5O2S. The topological polar surface area (TPSA) is 74.0 Å². The zero-order valence-corrected chi connectivity index (χ0v) is 18.6. The number of anilines is 1. The molecule has 0 radical (unpaired) electrons. The second kappa shape index (κ2) is 8.61. The molecule has 4 rings (SSSR count). The maximum Gasteiger partial charge on any atom is 0.250 e. The van der Waals surface area contributed by atoms with Crippen molar-refractivity contribution >= 4 is 28.5 Å². The number of carbonyl (C=O) groups is 1. The molecule has 0 aliphatic rings. The quantitative estimate of drug-likeness (QED) is 0.451. The molecule has 0 unspecified atom stereocenters. The van der Waals surface area contributed by atoms with Crippen molar-refractivity contribution in [1.29, 1.82) is 0 Å². The van der Waals surface area contributed by atoms with E-state index in [-0.39, 0.29) is 5.91 Å². The molecule has 31 heavy (non-hydrogen) atoms. The lowest BCUT2D eigenvalue weighted by Gasteiger charge is -2.10. The SMILES string of the molecule is COc1ccc(-n2c(C)cc(-c3csc(NC(=O)/C=C/c4cnn(C)c4)n3)c2C)cc1. The number of carbonyl (C=O) groups excluding carboxylic acids is 1. The van der Waals surface area contributed by atoms with Gasteiger partial charge in [-0.3, -0.25) is 14.8 Å². The third-order valence-corrected chi connectivity index (χ3v) is 5.68. The zero-order chi connectivity index (χ0) is 22.0. The van der Waals surface area contributed by atoms with Crippen LogP contribution < -0.4 is 10.1 Å². The predicted octanol–water partition coefficient (Wildman–Crippen LogP) is 4.61. The first-order chi connectivity index (χ1) is 14.9. The van der Waals surface area contributed by atoms with Gasteiger partial charge < -0.3 is 9.30 Å². The van der Waals surface area contributed by atoms with E-state index in [1.807, 2.05) is 42.9 Å². The van der Waals surface area contributed by atoms with Crippen molar-refractivity contribution in [2.75, 3.05) is 12.4 Å². The molecule has 0 aliphatic carbocycles. The van der Waals surface area contributed by atoms with E-state index in [1.54, 1.807) is 24.1 Å². The normalized spacial score (nSPS) is 11.2. The van der Waals surface area contributed by atoms with Crippen molar-refractivity contribution in [2.45, 2.75) is 13.8 Å². The third kappa shape index (κ3) is 4.44. The highest BCUT2D eigenvalue weighted by Crippen LogP contribution is 2.32. The van der Waals surface area contributed by atoms with Crippen LogP contribution in [0.1, 0.15) is 17.0 Å². The fourth-order valence-corrected chi connectivity index (χ4v) is 4.16. The van der Waals surface area contributed by atoms with Crippen LogP contribution in [0.25, 0.3) is 23.0 Å². The molecule has 3 aromatic heterocycles. The Bertz CT molecular complexity index is 1250. The Morgan fingerprint density at radius 2 is 2.00 bits per heavy atom. The van der Waals surface area contributed by atoms with Gasteiger partial charge in [-0.05, 0) is 50.3 Å². The number of nitrogens with one attached hydrogen (secondary N) is 1. The monoisotopic (exact) mass is 433 g/mol. The highest BCUT2D eigenvalue weighted by molar-refractivity contribution is 7.14. The highest BCUT2D eigenvalue weighted by Gasteiger charge is 2.15. The van der Waals surface area contributed by atoms with Crippen LogP contribution in [0.5, 0.6) is 5.75 Å². The lowest BCUT2D eigenvalue weighted by atomic mass is 10.2. The molecule has 4 aromatic rings. The minimum absolute atomic E-state index is 0.228. The molecule has 0 atom stereocenters. The summed E-state index contributed by atoms with van der Waals surface area (Å²) in [5.74, 6) is 0.595. The van der Waals surface area contributed by atoms with Crippen LogP contribution in [0.4, 0.5) is 5.13 Å². The Morgan fingerprint density at radius 1 is 1.23 bits per heavy atom. The van der Waals surface area contributed by atoms with Gasteiger partial charge in [-0.2, -0.15) is 5.10 Å². The van der Waals surface area contributed by atoms with Crippen LogP contribution >= 0.6 is 11.3 Å². The van der Waals surface area contributed by atoms with E-state index in [2.05, 4.69) is 39.9 Å². The molecule has 0 spiro atoms. The number of rotatable bonds is 6. The molecule has 1 aromatic carbocycles. The highest BCUT2D eigenvalue weighted by atomic mass is 32.1. The number of benzene rings is 1. The van der Waals surface area contributed by atoms with Gasteiger partial charge in [0.2, 0.25) is 5.91 Å². The molecule has 8 heteroatoms. The van der Waals surface area contributed by atoms with E-state index >= 15 is 0 Å². The van der Waals surface area contributed by atoms with E-state index in [4.69, 9.17) is 4.74 Å². The minimum atomic E-state index is -0.228. The summed E-state index contributed by atoms with van der Waals surface area (Å²) in [6, 6.07) is 10.1. The summed E-state index contributed by atoms with van der Waals surface area (Å²) in [6.07, 6.45) is 6.74. The zero-order valence-electron chi connectivity index (χ0n) is 17.8. The fourth-order valence-electron chi connectivity index (χ4n) is 3.45. The van der Waals surface area contributed by atoms with Crippen LogP contribution in [0, 0.1) is 13.8 Å². The van der Waals surface area contributed by atoms with Crippen molar-refractivity contribution < 1.29 is 9.53 Å². The molecule has 0 bridgehead atoms. The molecule has 158 valence electrons. The summed E-state index contributed by atoms with van der Waals surface area (Å²) < 4.78 is 9.13. The third-order valence-electron chi connectivity index (χ3n) is 4.92. The Labute approximate surface area is 184 Å². The van der Waals surface area contributed by atoms with Gasteiger partial charge in [-0.15, -0.1) is 11.3 Å². The second-order valence-corrected chi connectivity index (χ2v) is 7.98. The lowest BCUT2D eigenvalue weighted by Crippen LogP contribution is -2.07. The first kappa shape index (κ1) is 20.6. The van der Waals surface area contributed by atoms with Gasteiger partial charge in [0.25, 0.3) is 0 Å². The Balaban J connectivity index is 1.52. The number of ether oxygens (including phenoxy) is 1. The lowest BCUT2D eigenvalue weighted by molar-refractivity contribution is -0.111. The Kier molecular flexibility index (Phi) is 5.73. The Hall–Kier alpha value is -3.65. The average Bonchev–Trinajstić information content (AvgIpc) is 3.46. The van der Waals surface area contributed by atoms with E-state index in [0.29, 0.717) is 5.13 Å². The van der Waals surface area contributed by atoms with E-state index in [0.717, 1.165) is 39.6 Å². The summed E-state index contributed by atoms with van der Waals surface area (Å²) in [6.45, 7) is 4.14. The van der Waals surface area contributed by atoms with Crippen molar-refractivity contribution in [3.63, 3.8) is 0 Å². The summed E-state index contributed by atoms with van der Waals surface area (Å²) in [7, 11) is 3.49. The Morgan fingerprint density at radius 3 is 2.68 bits per heavy atom. The van der Waals surface area contributed by atoms with E-state index in [9.17, 15) is 4.79 Å². The number of nitrogens with zero attached hydrogens (tertiary/aromatic N) is 4. The van der Waals surface area contributed by atoms with Crippen molar-refractivity contribution in [2.24, 2.45) is 7.05 Å². The molecule has 7 nitrogen and oxygen atoms in total. The van der Waals surface area contributed by atoms with Crippen molar-refractivity contribution in [3.8, 4) is 22.7 Å². The van der Waals surface area contributed by atoms with Gasteiger partial charge in [0.15, 0.2) is 5.13 Å². The maximum absolute atomic E-state index is 12.2. The number of hydrogen-bond donors (Lipinski definition) is 1. The van der Waals surface area contributed by atoms with Gasteiger partial charge in [-0.1, -0.05) is 0 Å². The number of hydrogen-bond acceptors (Lipinski definition) is 5. The first-order valence-electron chi connectivity index (χ1n) is 9.71.